The second-order valence-corrected chi connectivity index (χ2v) is 5.78. The van der Waals surface area contributed by atoms with Crippen molar-refractivity contribution >= 4 is 17.4 Å². The molecule has 0 spiro atoms. The highest BCUT2D eigenvalue weighted by atomic mass is 16.3. The van der Waals surface area contributed by atoms with Gasteiger partial charge in [-0.2, -0.15) is 0 Å². The van der Waals surface area contributed by atoms with Crippen LogP contribution in [0.25, 0.3) is 0 Å². The van der Waals surface area contributed by atoms with Crippen LogP contribution in [-0.2, 0) is 4.79 Å². The molecule has 4 rings (SSSR count). The molecule has 2 saturated heterocycles. The van der Waals surface area contributed by atoms with Gasteiger partial charge in [-0.3, -0.25) is 9.59 Å². The second-order valence-electron chi connectivity index (χ2n) is 5.78. The standard InChI is InChI=1S/C12H15N3O.C5H5NO2/c16-12-3-1-8-15(12)10-4-5-11(13-9-10)14-6-2-7-14;7-4-1-2-5(8)6-3-4/h4-5,9H,1-3,6-8H2;1-3,7H,(H,6,8). The number of nitrogens with one attached hydrogen (secondary N) is 1. The van der Waals surface area contributed by atoms with Crippen molar-refractivity contribution in [1.82, 2.24) is 9.97 Å². The van der Waals surface area contributed by atoms with Gasteiger partial charge in [-0.25, -0.2) is 4.98 Å². The Morgan fingerprint density at radius 3 is 2.33 bits per heavy atom. The average Bonchev–Trinajstić information content (AvgIpc) is 2.96. The highest BCUT2D eigenvalue weighted by molar-refractivity contribution is 5.95. The van der Waals surface area contributed by atoms with Crippen LogP contribution in [0.5, 0.6) is 5.75 Å². The molecule has 0 saturated carbocycles. The second kappa shape index (κ2) is 7.16. The number of nitrogens with zero attached hydrogens (tertiary/aromatic N) is 3. The lowest BCUT2D eigenvalue weighted by Crippen LogP contribution is -2.37. The van der Waals surface area contributed by atoms with Crippen molar-refractivity contribution in [3.05, 3.63) is 47.0 Å². The molecule has 2 aromatic rings. The molecule has 0 aromatic carbocycles. The fourth-order valence-electron chi connectivity index (χ4n) is 2.59. The summed E-state index contributed by atoms with van der Waals surface area (Å²) in [6, 6.07) is 6.61. The fourth-order valence-corrected chi connectivity index (χ4v) is 2.59. The fraction of sp³-hybridized carbons (Fsp3) is 0.353. The summed E-state index contributed by atoms with van der Waals surface area (Å²) in [6.07, 6.45) is 5.95. The van der Waals surface area contributed by atoms with Gasteiger partial charge in [-0.1, -0.05) is 0 Å². The predicted octanol–water partition coefficient (Wildman–Crippen LogP) is 1.50. The third kappa shape index (κ3) is 3.73. The molecule has 0 unspecified atom stereocenters. The Kier molecular flexibility index (Phi) is 4.79. The van der Waals surface area contributed by atoms with Gasteiger partial charge in [0.25, 0.3) is 0 Å². The summed E-state index contributed by atoms with van der Waals surface area (Å²) in [7, 11) is 0. The monoisotopic (exact) mass is 328 g/mol. The number of pyridine rings is 2. The van der Waals surface area contributed by atoms with Crippen molar-refractivity contribution in [2.24, 2.45) is 0 Å². The van der Waals surface area contributed by atoms with Crippen molar-refractivity contribution in [2.75, 3.05) is 29.4 Å². The van der Waals surface area contributed by atoms with Crippen LogP contribution in [0.4, 0.5) is 11.5 Å². The molecule has 4 heterocycles. The van der Waals surface area contributed by atoms with Gasteiger partial charge in [0.15, 0.2) is 0 Å². The number of amides is 1. The molecule has 0 atom stereocenters. The summed E-state index contributed by atoms with van der Waals surface area (Å²) in [6.45, 7) is 3.05. The van der Waals surface area contributed by atoms with Crippen molar-refractivity contribution < 1.29 is 9.90 Å². The van der Waals surface area contributed by atoms with Crippen LogP contribution in [0.1, 0.15) is 19.3 Å². The van der Waals surface area contributed by atoms with Gasteiger partial charge >= 0.3 is 0 Å². The van der Waals surface area contributed by atoms with Crippen LogP contribution in [-0.4, -0.2) is 40.6 Å². The van der Waals surface area contributed by atoms with E-state index in [2.05, 4.69) is 14.9 Å². The first-order valence-corrected chi connectivity index (χ1v) is 8.02. The lowest BCUT2D eigenvalue weighted by molar-refractivity contribution is -0.117. The SMILES string of the molecule is O=C1CCCN1c1ccc(N2CCC2)nc1.O=c1ccc(O)c[nH]1. The number of aromatic amines is 1. The van der Waals surface area contributed by atoms with Gasteiger partial charge in [0.05, 0.1) is 11.9 Å². The molecule has 126 valence electrons. The molecule has 24 heavy (non-hydrogen) atoms. The first-order chi connectivity index (χ1) is 11.6. The van der Waals surface area contributed by atoms with E-state index in [0.29, 0.717) is 6.42 Å². The number of carbonyl (C=O) groups is 1. The molecule has 0 bridgehead atoms. The van der Waals surface area contributed by atoms with E-state index in [-0.39, 0.29) is 17.2 Å². The van der Waals surface area contributed by atoms with Crippen LogP contribution < -0.4 is 15.4 Å². The van der Waals surface area contributed by atoms with Crippen LogP contribution >= 0.6 is 0 Å². The van der Waals surface area contributed by atoms with Gasteiger partial charge in [0.1, 0.15) is 11.6 Å². The Hall–Kier alpha value is -2.83. The minimum absolute atomic E-state index is 0.0737. The van der Waals surface area contributed by atoms with Crippen LogP contribution in [0, 0.1) is 0 Å². The van der Waals surface area contributed by atoms with Gasteiger partial charge < -0.3 is 19.9 Å². The summed E-state index contributed by atoms with van der Waals surface area (Å²) in [5.74, 6) is 1.32. The Labute approximate surface area is 139 Å². The number of rotatable bonds is 2. The van der Waals surface area contributed by atoms with Gasteiger partial charge in [-0.05, 0) is 31.0 Å². The van der Waals surface area contributed by atoms with E-state index in [0.717, 1.165) is 37.6 Å². The predicted molar refractivity (Wildman–Crippen MR) is 91.4 cm³/mol. The van der Waals surface area contributed by atoms with Crippen molar-refractivity contribution in [3.8, 4) is 5.75 Å². The molecule has 2 N–H and O–H groups in total. The summed E-state index contributed by atoms with van der Waals surface area (Å²) in [5.41, 5.74) is 0.731. The first-order valence-electron chi connectivity index (χ1n) is 8.02. The topological polar surface area (TPSA) is 89.5 Å². The summed E-state index contributed by atoms with van der Waals surface area (Å²) < 4.78 is 0. The zero-order chi connectivity index (χ0) is 16.9. The Morgan fingerprint density at radius 2 is 1.88 bits per heavy atom. The van der Waals surface area contributed by atoms with E-state index < -0.39 is 0 Å². The molecule has 0 aliphatic carbocycles. The Morgan fingerprint density at radius 1 is 1.04 bits per heavy atom. The zero-order valence-electron chi connectivity index (χ0n) is 13.3. The summed E-state index contributed by atoms with van der Waals surface area (Å²) in [4.78, 5) is 32.6. The van der Waals surface area contributed by atoms with E-state index in [9.17, 15) is 9.59 Å². The Bertz CT molecular complexity index is 733. The largest absolute Gasteiger partial charge is 0.506 e. The normalized spacial score (nSPS) is 16.4. The highest BCUT2D eigenvalue weighted by Crippen LogP contribution is 2.24. The third-order valence-electron chi connectivity index (χ3n) is 4.07. The maximum absolute atomic E-state index is 11.5. The maximum atomic E-state index is 11.5. The van der Waals surface area contributed by atoms with E-state index in [4.69, 9.17) is 5.11 Å². The molecule has 1 amide bonds. The number of hydrogen-bond donors (Lipinski definition) is 2. The molecule has 2 fully saturated rings. The summed E-state index contributed by atoms with van der Waals surface area (Å²) >= 11 is 0. The number of aromatic hydroxyl groups is 1. The molecule has 7 nitrogen and oxygen atoms in total. The molecule has 7 heteroatoms. The number of anilines is 2. The van der Waals surface area contributed by atoms with Gasteiger partial charge in [-0.15, -0.1) is 0 Å². The van der Waals surface area contributed by atoms with E-state index in [1.807, 2.05) is 23.2 Å². The molecular weight excluding hydrogens is 308 g/mol. The summed E-state index contributed by atoms with van der Waals surface area (Å²) in [5, 5.41) is 8.59. The number of H-pyrrole nitrogens is 1. The van der Waals surface area contributed by atoms with E-state index in [1.165, 1.54) is 24.8 Å². The number of aromatic nitrogens is 2. The zero-order valence-corrected chi connectivity index (χ0v) is 13.3. The number of hydrogen-bond acceptors (Lipinski definition) is 5. The highest BCUT2D eigenvalue weighted by Gasteiger charge is 2.22. The van der Waals surface area contributed by atoms with Crippen molar-refractivity contribution in [3.63, 3.8) is 0 Å². The minimum atomic E-state index is -0.206. The van der Waals surface area contributed by atoms with Gasteiger partial charge in [0.2, 0.25) is 11.5 Å². The minimum Gasteiger partial charge on any atom is -0.506 e. The number of carbonyl (C=O) groups excluding carboxylic acids is 1. The smallest absolute Gasteiger partial charge is 0.248 e. The average molecular weight is 328 g/mol. The third-order valence-corrected chi connectivity index (χ3v) is 4.07. The molecular formula is C17H20N4O3. The molecule has 2 aliphatic heterocycles. The van der Waals surface area contributed by atoms with Crippen molar-refractivity contribution in [2.45, 2.75) is 19.3 Å². The molecule has 0 radical (unpaired) electrons. The van der Waals surface area contributed by atoms with Crippen LogP contribution in [0.2, 0.25) is 0 Å². The first kappa shape index (κ1) is 16.0. The van der Waals surface area contributed by atoms with Crippen LogP contribution in [0.15, 0.2) is 41.5 Å². The lowest BCUT2D eigenvalue weighted by atomic mass is 10.2. The molecule has 2 aliphatic rings. The molecule has 2 aromatic heterocycles. The van der Waals surface area contributed by atoms with E-state index >= 15 is 0 Å². The maximum Gasteiger partial charge on any atom is 0.248 e. The lowest BCUT2D eigenvalue weighted by Gasteiger charge is -2.32. The van der Waals surface area contributed by atoms with Crippen molar-refractivity contribution in [1.29, 1.82) is 0 Å². The van der Waals surface area contributed by atoms with Gasteiger partial charge in [0, 0.05) is 38.3 Å². The van der Waals surface area contributed by atoms with E-state index in [1.54, 1.807) is 0 Å². The van der Waals surface area contributed by atoms with Crippen LogP contribution in [0.3, 0.4) is 0 Å². The quantitative estimate of drug-likeness (QED) is 0.872. The Balaban J connectivity index is 0.000000179.